The van der Waals surface area contributed by atoms with Gasteiger partial charge in [-0.2, -0.15) is 0 Å². The van der Waals surface area contributed by atoms with E-state index >= 15 is 0 Å². The minimum atomic E-state index is -0.504. The fourth-order valence-electron chi connectivity index (χ4n) is 5.55. The van der Waals surface area contributed by atoms with Crippen LogP contribution in [0.4, 0.5) is 0 Å². The highest BCUT2D eigenvalue weighted by Gasteiger charge is 2.46. The lowest BCUT2D eigenvalue weighted by Crippen LogP contribution is -2.31. The lowest BCUT2D eigenvalue weighted by Gasteiger charge is -2.36. The minimum Gasteiger partial charge on any atom is -0.395 e. The summed E-state index contributed by atoms with van der Waals surface area (Å²) < 4.78 is 0. The van der Waals surface area contributed by atoms with E-state index in [4.69, 9.17) is 0 Å². The summed E-state index contributed by atoms with van der Waals surface area (Å²) in [4.78, 5) is 0. The summed E-state index contributed by atoms with van der Waals surface area (Å²) in [6, 6.07) is 34.9. The molecule has 0 spiro atoms. The average Bonchev–Trinajstić information content (AvgIpc) is 3.20. The second-order valence-electron chi connectivity index (χ2n) is 11.1. The van der Waals surface area contributed by atoms with Crippen LogP contribution in [0.15, 0.2) is 97.1 Å². The molecular weight excluding hydrogens is 428 g/mol. The topological polar surface area (TPSA) is 40.5 Å². The Labute approximate surface area is 208 Å². The molecule has 4 aromatic carbocycles. The molecule has 0 aliphatic heterocycles. The number of aliphatic hydroxyl groups is 2. The first-order valence-electron chi connectivity index (χ1n) is 12.4. The third kappa shape index (κ3) is 3.55. The molecule has 0 saturated carbocycles. The minimum absolute atomic E-state index is 0.0802. The third-order valence-electron chi connectivity index (χ3n) is 7.90. The Morgan fingerprint density at radius 2 is 0.943 bits per heavy atom. The van der Waals surface area contributed by atoms with Crippen molar-refractivity contribution in [2.24, 2.45) is 0 Å². The molecule has 0 saturated heterocycles. The second-order valence-corrected chi connectivity index (χ2v) is 11.1. The second kappa shape index (κ2) is 8.48. The fraction of sp³-hybridized carbons (Fsp3) is 0.273. The van der Waals surface area contributed by atoms with Crippen molar-refractivity contribution in [3.05, 3.63) is 130 Å². The highest BCUT2D eigenvalue weighted by atomic mass is 16.3. The van der Waals surface area contributed by atoms with Crippen molar-refractivity contribution in [1.82, 2.24) is 0 Å². The lowest BCUT2D eigenvalue weighted by atomic mass is 9.66. The molecule has 0 unspecified atom stereocenters. The Morgan fingerprint density at radius 3 is 1.34 bits per heavy atom. The van der Waals surface area contributed by atoms with Gasteiger partial charge in [0.05, 0.1) is 18.6 Å². The van der Waals surface area contributed by atoms with E-state index in [0.29, 0.717) is 0 Å². The van der Waals surface area contributed by atoms with E-state index in [1.165, 1.54) is 33.4 Å². The van der Waals surface area contributed by atoms with Gasteiger partial charge in [0.15, 0.2) is 0 Å². The molecule has 1 aliphatic rings. The first kappa shape index (κ1) is 23.5. The molecule has 0 amide bonds. The number of benzene rings is 4. The van der Waals surface area contributed by atoms with Crippen LogP contribution in [0.1, 0.15) is 61.1 Å². The molecule has 35 heavy (non-hydrogen) atoms. The number of rotatable bonds is 6. The van der Waals surface area contributed by atoms with Crippen LogP contribution < -0.4 is 0 Å². The number of aliphatic hydroxyl groups excluding tert-OH is 2. The van der Waals surface area contributed by atoms with Crippen LogP contribution in [0.3, 0.4) is 0 Å². The normalized spacial score (nSPS) is 14.5. The molecular formula is C33H34O2. The zero-order valence-electron chi connectivity index (χ0n) is 21.0. The van der Waals surface area contributed by atoms with E-state index < -0.39 is 5.41 Å². The van der Waals surface area contributed by atoms with Crippen molar-refractivity contribution in [3.63, 3.8) is 0 Å². The van der Waals surface area contributed by atoms with Gasteiger partial charge in [-0.1, -0.05) is 125 Å². The first-order valence-corrected chi connectivity index (χ1v) is 12.4. The Morgan fingerprint density at radius 1 is 0.543 bits per heavy atom. The maximum Gasteiger partial charge on any atom is 0.0713 e. The van der Waals surface area contributed by atoms with Crippen molar-refractivity contribution >= 4 is 0 Å². The molecule has 0 bridgehead atoms. The van der Waals surface area contributed by atoms with Crippen molar-refractivity contribution in [3.8, 4) is 11.1 Å². The molecule has 0 radical (unpaired) electrons. The number of fused-ring (bicyclic) bond motifs is 3. The largest absolute Gasteiger partial charge is 0.395 e. The summed E-state index contributed by atoms with van der Waals surface area (Å²) >= 11 is 0. The van der Waals surface area contributed by atoms with Crippen molar-refractivity contribution in [2.45, 2.75) is 43.9 Å². The van der Waals surface area contributed by atoms with Gasteiger partial charge in [0.2, 0.25) is 0 Å². The predicted octanol–water partition coefficient (Wildman–Crippen LogP) is 6.59. The summed E-state index contributed by atoms with van der Waals surface area (Å²) in [5.41, 5.74) is 8.43. The standard InChI is InChI=1S/C33H34O2/c1-31(2,21-34)23-11-9-13-25(19-23)33(26-14-10-12-24(20-26)32(3,4)22-35)29-17-7-5-15-27(29)28-16-6-8-18-30(28)33/h5-20,34-35H,21-22H2,1-4H3. The molecule has 0 aromatic heterocycles. The zero-order valence-corrected chi connectivity index (χ0v) is 21.0. The summed E-state index contributed by atoms with van der Waals surface area (Å²) in [7, 11) is 0. The average molecular weight is 463 g/mol. The molecule has 0 atom stereocenters. The van der Waals surface area contributed by atoms with E-state index in [-0.39, 0.29) is 24.0 Å². The van der Waals surface area contributed by atoms with Crippen LogP contribution >= 0.6 is 0 Å². The van der Waals surface area contributed by atoms with Crippen LogP contribution in [-0.4, -0.2) is 23.4 Å². The quantitative estimate of drug-likeness (QED) is 0.299. The monoisotopic (exact) mass is 462 g/mol. The van der Waals surface area contributed by atoms with Gasteiger partial charge >= 0.3 is 0 Å². The van der Waals surface area contributed by atoms with Crippen molar-refractivity contribution in [2.75, 3.05) is 13.2 Å². The zero-order chi connectivity index (χ0) is 24.8. The van der Waals surface area contributed by atoms with Crippen LogP contribution in [-0.2, 0) is 16.2 Å². The highest BCUT2D eigenvalue weighted by Crippen LogP contribution is 2.56. The molecule has 1 aliphatic carbocycles. The van der Waals surface area contributed by atoms with Crippen LogP contribution in [0.25, 0.3) is 11.1 Å². The molecule has 0 heterocycles. The van der Waals surface area contributed by atoms with Gasteiger partial charge in [0.25, 0.3) is 0 Å². The Hall–Kier alpha value is -3.20. The molecule has 2 N–H and O–H groups in total. The fourth-order valence-corrected chi connectivity index (χ4v) is 5.55. The van der Waals surface area contributed by atoms with Gasteiger partial charge in [-0.15, -0.1) is 0 Å². The first-order chi connectivity index (χ1) is 16.8. The van der Waals surface area contributed by atoms with E-state index in [0.717, 1.165) is 11.1 Å². The van der Waals surface area contributed by atoms with Crippen LogP contribution in [0.2, 0.25) is 0 Å². The number of hydrogen-bond acceptors (Lipinski definition) is 2. The van der Waals surface area contributed by atoms with E-state index in [1.54, 1.807) is 0 Å². The summed E-state index contributed by atoms with van der Waals surface area (Å²) in [5.74, 6) is 0. The molecule has 178 valence electrons. The maximum atomic E-state index is 10.1. The Kier molecular flexibility index (Phi) is 5.70. The molecule has 0 fully saturated rings. The summed E-state index contributed by atoms with van der Waals surface area (Å²) in [6.07, 6.45) is 0. The predicted molar refractivity (Wildman–Crippen MR) is 144 cm³/mol. The van der Waals surface area contributed by atoms with Crippen molar-refractivity contribution in [1.29, 1.82) is 0 Å². The van der Waals surface area contributed by atoms with Crippen LogP contribution in [0, 0.1) is 0 Å². The molecule has 2 nitrogen and oxygen atoms in total. The van der Waals surface area contributed by atoms with Gasteiger partial charge in [-0.3, -0.25) is 0 Å². The van der Waals surface area contributed by atoms with E-state index in [9.17, 15) is 10.2 Å². The summed E-state index contributed by atoms with van der Waals surface area (Å²) in [5, 5.41) is 20.3. The van der Waals surface area contributed by atoms with E-state index in [2.05, 4.69) is 125 Å². The molecule has 4 aromatic rings. The van der Waals surface area contributed by atoms with Gasteiger partial charge in [0.1, 0.15) is 0 Å². The van der Waals surface area contributed by atoms with Gasteiger partial charge in [-0.05, 0) is 44.5 Å². The smallest absolute Gasteiger partial charge is 0.0713 e. The molecule has 2 heteroatoms. The highest BCUT2D eigenvalue weighted by molar-refractivity contribution is 5.86. The Balaban J connectivity index is 1.90. The number of hydrogen-bond donors (Lipinski definition) is 2. The summed E-state index contributed by atoms with van der Waals surface area (Å²) in [6.45, 7) is 8.49. The van der Waals surface area contributed by atoms with Crippen LogP contribution in [0.5, 0.6) is 0 Å². The van der Waals surface area contributed by atoms with Gasteiger partial charge in [-0.25, -0.2) is 0 Å². The van der Waals surface area contributed by atoms with Gasteiger partial charge in [0, 0.05) is 10.8 Å². The Bertz CT molecular complexity index is 1270. The van der Waals surface area contributed by atoms with E-state index in [1.807, 2.05) is 0 Å². The SMILES string of the molecule is CC(C)(CO)c1cccc(C2(c3cccc(C(C)(C)CO)c3)c3ccccc3-c3ccccc32)c1. The van der Waals surface area contributed by atoms with Gasteiger partial charge < -0.3 is 10.2 Å². The molecule has 5 rings (SSSR count). The third-order valence-corrected chi connectivity index (χ3v) is 7.90. The maximum absolute atomic E-state index is 10.1. The lowest BCUT2D eigenvalue weighted by molar-refractivity contribution is 0.218. The van der Waals surface area contributed by atoms with Crippen molar-refractivity contribution < 1.29 is 10.2 Å².